The summed E-state index contributed by atoms with van der Waals surface area (Å²) in [5.41, 5.74) is 7.84. The molecule has 0 aliphatic rings. The standard InChI is InChI=1S/C16H22N2O2S/c1-16(2,3)14-13(9-17)21-15(18-14)11-8-10(19-4)6-7-12(11)20-5/h6-8H,9,17H2,1-5H3. The van der Waals surface area contributed by atoms with E-state index in [1.807, 2.05) is 18.2 Å². The summed E-state index contributed by atoms with van der Waals surface area (Å²) in [6.07, 6.45) is 0. The fourth-order valence-corrected chi connectivity index (χ4v) is 3.34. The number of methoxy groups -OCH3 is 2. The second-order valence-electron chi connectivity index (χ2n) is 5.81. The molecule has 2 N–H and O–H groups in total. The summed E-state index contributed by atoms with van der Waals surface area (Å²) in [5, 5.41) is 0.913. The van der Waals surface area contributed by atoms with Gasteiger partial charge in [0.2, 0.25) is 0 Å². The number of nitrogens with two attached hydrogens (primary N) is 1. The average Bonchev–Trinajstić information content (AvgIpc) is 2.90. The third-order valence-corrected chi connectivity index (χ3v) is 4.34. The predicted octanol–water partition coefficient (Wildman–Crippen LogP) is 3.58. The lowest BCUT2D eigenvalue weighted by molar-refractivity contribution is 0.404. The van der Waals surface area contributed by atoms with Crippen LogP contribution < -0.4 is 15.2 Å². The van der Waals surface area contributed by atoms with Crippen LogP contribution in [0.25, 0.3) is 10.6 Å². The van der Waals surface area contributed by atoms with Gasteiger partial charge in [0.15, 0.2) is 0 Å². The van der Waals surface area contributed by atoms with Crippen LogP contribution in [0.15, 0.2) is 18.2 Å². The second kappa shape index (κ2) is 6.03. The van der Waals surface area contributed by atoms with Crippen LogP contribution in [-0.4, -0.2) is 19.2 Å². The second-order valence-corrected chi connectivity index (χ2v) is 6.89. The molecule has 114 valence electrons. The van der Waals surface area contributed by atoms with E-state index in [0.29, 0.717) is 6.54 Å². The summed E-state index contributed by atoms with van der Waals surface area (Å²) in [6, 6.07) is 5.73. The molecule has 0 amide bonds. The van der Waals surface area contributed by atoms with Crippen LogP contribution in [0, 0.1) is 0 Å². The third kappa shape index (κ3) is 3.19. The minimum atomic E-state index is -0.0322. The number of rotatable bonds is 4. The zero-order chi connectivity index (χ0) is 15.6. The van der Waals surface area contributed by atoms with Crippen LogP contribution in [-0.2, 0) is 12.0 Å². The Morgan fingerprint density at radius 1 is 1.19 bits per heavy atom. The molecule has 2 rings (SSSR count). The van der Waals surface area contributed by atoms with Crippen molar-refractivity contribution in [1.29, 1.82) is 0 Å². The van der Waals surface area contributed by atoms with Crippen molar-refractivity contribution in [1.82, 2.24) is 4.98 Å². The molecule has 0 saturated carbocycles. The monoisotopic (exact) mass is 306 g/mol. The lowest BCUT2D eigenvalue weighted by Gasteiger charge is -2.17. The maximum absolute atomic E-state index is 5.88. The summed E-state index contributed by atoms with van der Waals surface area (Å²) < 4.78 is 10.8. The number of ether oxygens (including phenoxy) is 2. The molecule has 0 fully saturated rings. The number of aromatic nitrogens is 1. The van der Waals surface area contributed by atoms with Gasteiger partial charge in [0.25, 0.3) is 0 Å². The van der Waals surface area contributed by atoms with Crippen molar-refractivity contribution in [3.63, 3.8) is 0 Å². The SMILES string of the molecule is COc1ccc(OC)c(-c2nc(C(C)(C)C)c(CN)s2)c1. The molecule has 21 heavy (non-hydrogen) atoms. The summed E-state index contributed by atoms with van der Waals surface area (Å²) in [4.78, 5) is 5.92. The van der Waals surface area contributed by atoms with E-state index in [2.05, 4.69) is 20.8 Å². The van der Waals surface area contributed by atoms with Crippen molar-refractivity contribution in [3.05, 3.63) is 28.8 Å². The van der Waals surface area contributed by atoms with E-state index in [9.17, 15) is 0 Å². The van der Waals surface area contributed by atoms with Crippen molar-refractivity contribution in [2.45, 2.75) is 32.7 Å². The minimum Gasteiger partial charge on any atom is -0.497 e. The van der Waals surface area contributed by atoms with Gasteiger partial charge in [-0.05, 0) is 18.2 Å². The van der Waals surface area contributed by atoms with Gasteiger partial charge in [-0.25, -0.2) is 4.98 Å². The number of benzene rings is 1. The number of nitrogens with zero attached hydrogens (tertiary/aromatic N) is 1. The van der Waals surface area contributed by atoms with Gasteiger partial charge in [-0.1, -0.05) is 20.8 Å². The molecule has 5 heteroatoms. The van der Waals surface area contributed by atoms with Gasteiger partial charge in [-0.3, -0.25) is 0 Å². The molecular formula is C16H22N2O2S. The Morgan fingerprint density at radius 2 is 1.90 bits per heavy atom. The van der Waals surface area contributed by atoms with Crippen molar-refractivity contribution in [2.24, 2.45) is 5.73 Å². The van der Waals surface area contributed by atoms with E-state index < -0.39 is 0 Å². The molecule has 0 atom stereocenters. The fraction of sp³-hybridized carbons (Fsp3) is 0.438. The molecule has 0 radical (unpaired) electrons. The highest BCUT2D eigenvalue weighted by atomic mass is 32.1. The molecule has 1 heterocycles. The Morgan fingerprint density at radius 3 is 2.38 bits per heavy atom. The molecule has 0 aliphatic carbocycles. The van der Waals surface area contributed by atoms with Crippen molar-refractivity contribution >= 4 is 11.3 Å². The summed E-state index contributed by atoms with van der Waals surface area (Å²) in [6.45, 7) is 6.94. The van der Waals surface area contributed by atoms with Gasteiger partial charge in [-0.15, -0.1) is 11.3 Å². The Labute approximate surface area is 129 Å². The number of hydrogen-bond acceptors (Lipinski definition) is 5. The van der Waals surface area contributed by atoms with Gasteiger partial charge >= 0.3 is 0 Å². The molecule has 1 aromatic carbocycles. The first-order valence-corrected chi connectivity index (χ1v) is 7.65. The summed E-state index contributed by atoms with van der Waals surface area (Å²) in [5.74, 6) is 1.57. The zero-order valence-corrected chi connectivity index (χ0v) is 14.0. The lowest BCUT2D eigenvalue weighted by Crippen LogP contribution is -2.15. The van der Waals surface area contributed by atoms with Crippen LogP contribution in [0.1, 0.15) is 31.3 Å². The Bertz CT molecular complexity index is 630. The zero-order valence-electron chi connectivity index (χ0n) is 13.2. The van der Waals surface area contributed by atoms with E-state index in [1.165, 1.54) is 0 Å². The Kier molecular flexibility index (Phi) is 4.54. The molecule has 0 saturated heterocycles. The quantitative estimate of drug-likeness (QED) is 0.938. The minimum absolute atomic E-state index is 0.0322. The highest BCUT2D eigenvalue weighted by Crippen LogP contribution is 2.39. The summed E-state index contributed by atoms with van der Waals surface area (Å²) >= 11 is 1.62. The van der Waals surface area contributed by atoms with Gasteiger partial charge in [-0.2, -0.15) is 0 Å². The van der Waals surface area contributed by atoms with Gasteiger partial charge in [0.05, 0.1) is 25.5 Å². The van der Waals surface area contributed by atoms with Crippen molar-refractivity contribution in [3.8, 4) is 22.1 Å². The average molecular weight is 306 g/mol. The van der Waals surface area contributed by atoms with Crippen LogP contribution in [0.5, 0.6) is 11.5 Å². The van der Waals surface area contributed by atoms with Crippen LogP contribution in [0.3, 0.4) is 0 Å². The molecule has 0 bridgehead atoms. The Hall–Kier alpha value is -1.59. The van der Waals surface area contributed by atoms with E-state index in [0.717, 1.165) is 32.6 Å². The van der Waals surface area contributed by atoms with Crippen molar-refractivity contribution in [2.75, 3.05) is 14.2 Å². The van der Waals surface area contributed by atoms with E-state index >= 15 is 0 Å². The molecule has 0 unspecified atom stereocenters. The first kappa shape index (κ1) is 15.8. The highest BCUT2D eigenvalue weighted by Gasteiger charge is 2.24. The fourth-order valence-electron chi connectivity index (χ4n) is 2.17. The van der Waals surface area contributed by atoms with E-state index in [1.54, 1.807) is 25.6 Å². The molecular weight excluding hydrogens is 284 g/mol. The molecule has 2 aromatic rings. The largest absolute Gasteiger partial charge is 0.497 e. The number of hydrogen-bond donors (Lipinski definition) is 1. The first-order chi connectivity index (χ1) is 9.90. The van der Waals surface area contributed by atoms with Gasteiger partial charge < -0.3 is 15.2 Å². The maximum Gasteiger partial charge on any atom is 0.129 e. The topological polar surface area (TPSA) is 57.4 Å². The number of thiazole rings is 1. The van der Waals surface area contributed by atoms with E-state index in [4.69, 9.17) is 20.2 Å². The smallest absolute Gasteiger partial charge is 0.129 e. The van der Waals surface area contributed by atoms with Gasteiger partial charge in [0, 0.05) is 16.8 Å². The van der Waals surface area contributed by atoms with Crippen LogP contribution in [0.4, 0.5) is 0 Å². The molecule has 0 spiro atoms. The first-order valence-electron chi connectivity index (χ1n) is 6.83. The van der Waals surface area contributed by atoms with Crippen LogP contribution >= 0.6 is 11.3 Å². The van der Waals surface area contributed by atoms with Crippen molar-refractivity contribution < 1.29 is 9.47 Å². The van der Waals surface area contributed by atoms with Gasteiger partial charge in [0.1, 0.15) is 16.5 Å². The summed E-state index contributed by atoms with van der Waals surface area (Å²) in [7, 11) is 3.31. The highest BCUT2D eigenvalue weighted by molar-refractivity contribution is 7.15. The maximum atomic E-state index is 5.88. The Balaban J connectivity index is 2.59. The molecule has 1 aromatic heterocycles. The predicted molar refractivity (Wildman–Crippen MR) is 87.2 cm³/mol. The van der Waals surface area contributed by atoms with Crippen LogP contribution in [0.2, 0.25) is 0 Å². The van der Waals surface area contributed by atoms with E-state index in [-0.39, 0.29) is 5.41 Å². The third-order valence-electron chi connectivity index (χ3n) is 3.23. The lowest BCUT2D eigenvalue weighted by atomic mass is 9.91. The molecule has 0 aliphatic heterocycles. The normalized spacial score (nSPS) is 11.5. The molecule has 4 nitrogen and oxygen atoms in total.